The van der Waals surface area contributed by atoms with Crippen molar-refractivity contribution in [2.45, 2.75) is 19.8 Å². The number of hydrogen-bond donors (Lipinski definition) is 1. The summed E-state index contributed by atoms with van der Waals surface area (Å²) in [4.78, 5) is 12.5. The van der Waals surface area contributed by atoms with Gasteiger partial charge in [0.1, 0.15) is 11.3 Å². The van der Waals surface area contributed by atoms with Gasteiger partial charge in [0, 0.05) is 13.0 Å². The number of imidazole rings is 1. The molecule has 0 amide bonds. The van der Waals surface area contributed by atoms with Crippen LogP contribution in [0.25, 0.3) is 11.2 Å². The summed E-state index contributed by atoms with van der Waals surface area (Å²) in [5, 5.41) is 0. The molecule has 2 N–H and O–H groups in total. The fraction of sp³-hybridized carbons (Fsp3) is 0.444. The highest BCUT2D eigenvalue weighted by molar-refractivity contribution is 5.71. The van der Waals surface area contributed by atoms with E-state index in [1.165, 1.54) is 0 Å². The first-order valence-corrected chi connectivity index (χ1v) is 4.54. The summed E-state index contributed by atoms with van der Waals surface area (Å²) in [5.41, 5.74) is 7.10. The lowest BCUT2D eigenvalue weighted by Gasteiger charge is -2.03. The van der Waals surface area contributed by atoms with Crippen LogP contribution in [0, 0.1) is 0 Å². The molecule has 0 unspecified atom stereocenters. The minimum Gasteiger partial charge on any atom is -0.368 e. The van der Waals surface area contributed by atoms with Gasteiger partial charge in [-0.3, -0.25) is 0 Å². The van der Waals surface area contributed by atoms with Gasteiger partial charge < -0.3 is 10.3 Å². The van der Waals surface area contributed by atoms with E-state index in [1.807, 2.05) is 11.6 Å². The lowest BCUT2D eigenvalue weighted by molar-refractivity contribution is 0.719. The van der Waals surface area contributed by atoms with Crippen molar-refractivity contribution in [3.05, 3.63) is 12.0 Å². The highest BCUT2D eigenvalue weighted by Gasteiger charge is 2.11. The van der Waals surface area contributed by atoms with E-state index >= 15 is 0 Å². The molecule has 0 bridgehead atoms. The Morgan fingerprint density at radius 2 is 2.07 bits per heavy atom. The van der Waals surface area contributed by atoms with Crippen molar-refractivity contribution in [3.63, 3.8) is 0 Å². The van der Waals surface area contributed by atoms with E-state index in [4.69, 9.17) is 5.73 Å². The second kappa shape index (κ2) is 2.94. The van der Waals surface area contributed by atoms with Gasteiger partial charge in [-0.2, -0.15) is 4.98 Å². The Labute approximate surface area is 82.0 Å². The Bertz CT molecular complexity index is 471. The highest BCUT2D eigenvalue weighted by Crippen LogP contribution is 2.18. The van der Waals surface area contributed by atoms with Crippen LogP contribution in [0.3, 0.4) is 0 Å². The van der Waals surface area contributed by atoms with E-state index in [2.05, 4.69) is 28.8 Å². The third-order valence-electron chi connectivity index (χ3n) is 2.18. The van der Waals surface area contributed by atoms with Crippen LogP contribution < -0.4 is 5.73 Å². The van der Waals surface area contributed by atoms with E-state index in [9.17, 15) is 0 Å². The number of fused-ring (bicyclic) bond motifs is 1. The number of nitrogens with zero attached hydrogens (tertiary/aromatic N) is 4. The Morgan fingerprint density at radius 1 is 1.36 bits per heavy atom. The largest absolute Gasteiger partial charge is 0.368 e. The van der Waals surface area contributed by atoms with Gasteiger partial charge in [0.15, 0.2) is 5.65 Å². The highest BCUT2D eigenvalue weighted by atomic mass is 15.1. The summed E-state index contributed by atoms with van der Waals surface area (Å²) in [6.45, 7) is 4.19. The van der Waals surface area contributed by atoms with Crippen LogP contribution in [0.4, 0.5) is 5.95 Å². The number of aryl methyl sites for hydroxylation is 1. The monoisotopic (exact) mass is 191 g/mol. The number of nitrogen functional groups attached to an aromatic ring is 1. The van der Waals surface area contributed by atoms with Crippen LogP contribution in [0.2, 0.25) is 0 Å². The van der Waals surface area contributed by atoms with Crippen molar-refractivity contribution in [1.82, 2.24) is 19.5 Å². The molecule has 0 aliphatic heterocycles. The van der Waals surface area contributed by atoms with E-state index in [-0.39, 0.29) is 5.95 Å². The molecule has 5 nitrogen and oxygen atoms in total. The Balaban J connectivity index is 2.74. The fourth-order valence-electron chi connectivity index (χ4n) is 1.53. The number of hydrogen-bond acceptors (Lipinski definition) is 4. The van der Waals surface area contributed by atoms with Gasteiger partial charge in [-0.05, 0) is 0 Å². The maximum absolute atomic E-state index is 5.51. The van der Waals surface area contributed by atoms with Crippen molar-refractivity contribution < 1.29 is 0 Å². The molecule has 2 aromatic rings. The molecule has 0 aromatic carbocycles. The molecule has 14 heavy (non-hydrogen) atoms. The molecule has 0 spiro atoms. The molecule has 2 aromatic heterocycles. The molecular formula is C9H13N5. The van der Waals surface area contributed by atoms with Gasteiger partial charge in [-0.15, -0.1) is 0 Å². The van der Waals surface area contributed by atoms with E-state index in [0.29, 0.717) is 5.92 Å². The van der Waals surface area contributed by atoms with Crippen LogP contribution in [0.15, 0.2) is 6.20 Å². The molecule has 5 heteroatoms. The number of rotatable bonds is 1. The van der Waals surface area contributed by atoms with Crippen molar-refractivity contribution in [2.75, 3.05) is 5.73 Å². The van der Waals surface area contributed by atoms with E-state index in [0.717, 1.165) is 17.0 Å². The van der Waals surface area contributed by atoms with Crippen molar-refractivity contribution >= 4 is 17.1 Å². The zero-order chi connectivity index (χ0) is 10.3. The molecule has 74 valence electrons. The molecule has 0 aliphatic rings. The normalized spacial score (nSPS) is 11.4. The molecule has 0 atom stereocenters. The standard InChI is InChI=1S/C9H13N5/c1-5(2)7-12-6-4-11-9(10)13-8(6)14(7)3/h4-5H,1-3H3,(H2,10,11,13). The van der Waals surface area contributed by atoms with Gasteiger partial charge in [0.2, 0.25) is 5.95 Å². The lowest BCUT2D eigenvalue weighted by atomic mass is 10.2. The van der Waals surface area contributed by atoms with E-state index < -0.39 is 0 Å². The third-order valence-corrected chi connectivity index (χ3v) is 2.18. The van der Waals surface area contributed by atoms with Crippen molar-refractivity contribution in [3.8, 4) is 0 Å². The van der Waals surface area contributed by atoms with Crippen LogP contribution >= 0.6 is 0 Å². The quantitative estimate of drug-likeness (QED) is 0.732. The summed E-state index contributed by atoms with van der Waals surface area (Å²) >= 11 is 0. The fourth-order valence-corrected chi connectivity index (χ4v) is 1.53. The molecule has 0 aliphatic carbocycles. The number of aromatic nitrogens is 4. The Hall–Kier alpha value is -1.65. The van der Waals surface area contributed by atoms with Crippen molar-refractivity contribution in [2.24, 2.45) is 7.05 Å². The minimum absolute atomic E-state index is 0.288. The smallest absolute Gasteiger partial charge is 0.222 e. The zero-order valence-corrected chi connectivity index (χ0v) is 8.52. The number of nitrogens with two attached hydrogens (primary N) is 1. The van der Waals surface area contributed by atoms with Crippen LogP contribution in [0.5, 0.6) is 0 Å². The third kappa shape index (κ3) is 1.21. The van der Waals surface area contributed by atoms with Gasteiger partial charge in [0.05, 0.1) is 6.20 Å². The first-order valence-electron chi connectivity index (χ1n) is 4.54. The lowest BCUT2D eigenvalue weighted by Crippen LogP contribution is -2.01. The summed E-state index contributed by atoms with van der Waals surface area (Å²) in [7, 11) is 1.94. The van der Waals surface area contributed by atoms with E-state index in [1.54, 1.807) is 6.20 Å². The van der Waals surface area contributed by atoms with Crippen LogP contribution in [-0.4, -0.2) is 19.5 Å². The van der Waals surface area contributed by atoms with Crippen LogP contribution in [0.1, 0.15) is 25.6 Å². The summed E-state index contributed by atoms with van der Waals surface area (Å²) < 4.78 is 1.96. The molecule has 0 radical (unpaired) electrons. The maximum Gasteiger partial charge on any atom is 0.222 e. The Kier molecular flexibility index (Phi) is 1.87. The second-order valence-corrected chi connectivity index (χ2v) is 3.62. The molecule has 2 heterocycles. The molecule has 2 rings (SSSR count). The SMILES string of the molecule is CC(C)c1nc2cnc(N)nc2n1C. The summed E-state index contributed by atoms with van der Waals surface area (Å²) in [6, 6.07) is 0. The van der Waals surface area contributed by atoms with Crippen LogP contribution in [-0.2, 0) is 7.05 Å². The first-order chi connectivity index (χ1) is 6.59. The number of anilines is 1. The average molecular weight is 191 g/mol. The van der Waals surface area contributed by atoms with Gasteiger partial charge >= 0.3 is 0 Å². The summed E-state index contributed by atoms with van der Waals surface area (Å²) in [5.74, 6) is 1.66. The first kappa shape index (κ1) is 8.93. The summed E-state index contributed by atoms with van der Waals surface area (Å²) in [6.07, 6.45) is 1.66. The topological polar surface area (TPSA) is 69.6 Å². The Morgan fingerprint density at radius 3 is 2.71 bits per heavy atom. The van der Waals surface area contributed by atoms with Gasteiger partial charge in [0.25, 0.3) is 0 Å². The molecule has 0 saturated heterocycles. The molecule has 0 saturated carbocycles. The predicted molar refractivity (Wildman–Crippen MR) is 54.8 cm³/mol. The molecule has 0 fully saturated rings. The predicted octanol–water partition coefficient (Wildman–Crippen LogP) is 1.07. The zero-order valence-electron chi connectivity index (χ0n) is 8.52. The average Bonchev–Trinajstić information content (AvgIpc) is 2.44. The molecular weight excluding hydrogens is 178 g/mol. The maximum atomic E-state index is 5.51. The second-order valence-electron chi connectivity index (χ2n) is 3.62. The van der Waals surface area contributed by atoms with Gasteiger partial charge in [-0.1, -0.05) is 13.8 Å². The van der Waals surface area contributed by atoms with Crippen molar-refractivity contribution in [1.29, 1.82) is 0 Å². The van der Waals surface area contributed by atoms with Gasteiger partial charge in [-0.25, -0.2) is 9.97 Å². The minimum atomic E-state index is 0.288.